The van der Waals surface area contributed by atoms with E-state index in [9.17, 15) is 0 Å². The van der Waals surface area contributed by atoms with E-state index in [2.05, 4.69) is 33.6 Å². The second kappa shape index (κ2) is 8.98. The van der Waals surface area contributed by atoms with Crippen LogP contribution in [0.2, 0.25) is 0 Å². The number of nitrogens with one attached hydrogen (secondary N) is 1. The Morgan fingerprint density at radius 3 is 2.00 bits per heavy atom. The summed E-state index contributed by atoms with van der Waals surface area (Å²) in [4.78, 5) is 4.47. The molecule has 156 valence electrons. The van der Waals surface area contributed by atoms with Crippen LogP contribution in [0, 0.1) is 0 Å². The fourth-order valence-electron chi connectivity index (χ4n) is 4.44. The van der Waals surface area contributed by atoms with Gasteiger partial charge in [0.1, 0.15) is 6.33 Å². The number of rotatable bonds is 5. The summed E-state index contributed by atoms with van der Waals surface area (Å²) in [5.74, 6) is 1.71. The zero-order chi connectivity index (χ0) is 20.2. The van der Waals surface area contributed by atoms with E-state index < -0.39 is 0 Å². The smallest absolute Gasteiger partial charge is 0.246 e. The van der Waals surface area contributed by atoms with E-state index in [1.807, 2.05) is 30.3 Å². The van der Waals surface area contributed by atoms with Crippen molar-refractivity contribution in [1.29, 1.82) is 0 Å². The Kier molecular flexibility index (Phi) is 5.77. The summed E-state index contributed by atoms with van der Waals surface area (Å²) < 4.78 is 13.0. The van der Waals surface area contributed by atoms with E-state index in [4.69, 9.17) is 9.47 Å². The van der Waals surface area contributed by atoms with Crippen molar-refractivity contribution in [3.63, 3.8) is 0 Å². The quantitative estimate of drug-likeness (QED) is 0.662. The number of hydrogen-bond acceptors (Lipinski definition) is 5. The second-order valence-electron chi connectivity index (χ2n) is 8.13. The predicted molar refractivity (Wildman–Crippen MR) is 117 cm³/mol. The van der Waals surface area contributed by atoms with E-state index in [-0.39, 0.29) is 0 Å². The van der Waals surface area contributed by atoms with Crippen LogP contribution in [0.1, 0.15) is 48.6 Å². The lowest BCUT2D eigenvalue weighted by molar-refractivity contribution is 0.0841. The van der Waals surface area contributed by atoms with Gasteiger partial charge in [-0.1, -0.05) is 24.3 Å². The SMILES string of the molecule is c1ccc(-n2cnc(Nc3cc(C4CCOCC4)cc(C4CCOCC4)c3)n2)cc1. The highest BCUT2D eigenvalue weighted by Gasteiger charge is 2.21. The van der Waals surface area contributed by atoms with Crippen LogP contribution >= 0.6 is 0 Å². The van der Waals surface area contributed by atoms with Gasteiger partial charge in [-0.25, -0.2) is 4.68 Å². The molecule has 0 atom stereocenters. The van der Waals surface area contributed by atoms with Crippen LogP contribution in [-0.4, -0.2) is 41.2 Å². The Balaban J connectivity index is 1.42. The van der Waals surface area contributed by atoms with Crippen molar-refractivity contribution < 1.29 is 9.47 Å². The molecule has 2 fully saturated rings. The molecule has 5 rings (SSSR count). The normalized spacial score (nSPS) is 18.4. The van der Waals surface area contributed by atoms with Gasteiger partial charge in [-0.2, -0.15) is 4.98 Å². The van der Waals surface area contributed by atoms with E-state index in [1.54, 1.807) is 11.0 Å². The molecule has 0 radical (unpaired) electrons. The number of hydrogen-bond donors (Lipinski definition) is 1. The van der Waals surface area contributed by atoms with Gasteiger partial charge in [0.2, 0.25) is 5.95 Å². The number of nitrogens with zero attached hydrogens (tertiary/aromatic N) is 3. The standard InChI is InChI=1S/C24H28N4O2/c1-2-4-23(5-3-1)28-17-25-24(27-28)26-22-15-20(18-6-10-29-11-7-18)14-21(16-22)19-8-12-30-13-9-19/h1-5,14-19H,6-13H2,(H,26,27). The summed E-state index contributed by atoms with van der Waals surface area (Å²) in [6.45, 7) is 3.38. The first-order valence-electron chi connectivity index (χ1n) is 10.9. The van der Waals surface area contributed by atoms with Gasteiger partial charge in [-0.15, -0.1) is 5.10 Å². The van der Waals surface area contributed by atoms with Crippen LogP contribution < -0.4 is 5.32 Å². The third-order valence-corrected chi connectivity index (χ3v) is 6.13. The highest BCUT2D eigenvalue weighted by atomic mass is 16.5. The molecule has 0 aliphatic carbocycles. The molecule has 0 spiro atoms. The van der Waals surface area contributed by atoms with Gasteiger partial charge in [0.15, 0.2) is 0 Å². The van der Waals surface area contributed by atoms with Gasteiger partial charge in [-0.05, 0) is 72.9 Å². The molecule has 1 N–H and O–H groups in total. The van der Waals surface area contributed by atoms with Gasteiger partial charge in [0, 0.05) is 32.1 Å². The van der Waals surface area contributed by atoms with Crippen LogP contribution in [-0.2, 0) is 9.47 Å². The maximum atomic E-state index is 5.58. The third kappa shape index (κ3) is 4.40. The number of para-hydroxylation sites is 1. The molecule has 2 aliphatic rings. The van der Waals surface area contributed by atoms with Crippen LogP contribution in [0.15, 0.2) is 54.9 Å². The lowest BCUT2D eigenvalue weighted by Crippen LogP contribution is -2.17. The van der Waals surface area contributed by atoms with E-state index >= 15 is 0 Å². The van der Waals surface area contributed by atoms with E-state index in [1.165, 1.54) is 11.1 Å². The molecule has 2 saturated heterocycles. The molecular formula is C24H28N4O2. The van der Waals surface area contributed by atoms with Crippen molar-refractivity contribution in [3.05, 3.63) is 66.0 Å². The van der Waals surface area contributed by atoms with E-state index in [0.29, 0.717) is 17.8 Å². The summed E-state index contributed by atoms with van der Waals surface area (Å²) >= 11 is 0. The molecule has 0 amide bonds. The molecule has 2 aromatic carbocycles. The number of benzene rings is 2. The van der Waals surface area contributed by atoms with Crippen molar-refractivity contribution in [1.82, 2.24) is 14.8 Å². The number of ether oxygens (including phenoxy) is 2. The summed E-state index contributed by atoms with van der Waals surface area (Å²) in [5, 5.41) is 8.06. The molecule has 1 aromatic heterocycles. The zero-order valence-electron chi connectivity index (χ0n) is 17.2. The summed E-state index contributed by atoms with van der Waals surface area (Å²) in [7, 11) is 0. The second-order valence-corrected chi connectivity index (χ2v) is 8.13. The third-order valence-electron chi connectivity index (χ3n) is 6.13. The van der Waals surface area contributed by atoms with Gasteiger partial charge < -0.3 is 14.8 Å². The van der Waals surface area contributed by atoms with Crippen molar-refractivity contribution in [2.24, 2.45) is 0 Å². The molecule has 3 aromatic rings. The highest BCUT2D eigenvalue weighted by molar-refractivity contribution is 5.57. The first-order chi connectivity index (χ1) is 14.8. The molecular weight excluding hydrogens is 376 g/mol. The maximum Gasteiger partial charge on any atom is 0.246 e. The van der Waals surface area contributed by atoms with Crippen LogP contribution in [0.3, 0.4) is 0 Å². The van der Waals surface area contributed by atoms with E-state index in [0.717, 1.165) is 63.5 Å². The van der Waals surface area contributed by atoms with Gasteiger partial charge in [-0.3, -0.25) is 0 Å². The summed E-state index contributed by atoms with van der Waals surface area (Å²) in [6, 6.07) is 17.0. The fraction of sp³-hybridized carbons (Fsp3) is 0.417. The van der Waals surface area contributed by atoms with Crippen LogP contribution in [0.5, 0.6) is 0 Å². The topological polar surface area (TPSA) is 61.2 Å². The molecule has 2 aliphatic heterocycles. The van der Waals surface area contributed by atoms with Crippen LogP contribution in [0.25, 0.3) is 5.69 Å². The minimum Gasteiger partial charge on any atom is -0.381 e. The molecule has 3 heterocycles. The summed E-state index contributed by atoms with van der Waals surface area (Å²) in [5.41, 5.74) is 4.85. The Hall–Kier alpha value is -2.70. The first-order valence-corrected chi connectivity index (χ1v) is 10.9. The van der Waals surface area contributed by atoms with Crippen molar-refractivity contribution in [3.8, 4) is 5.69 Å². The monoisotopic (exact) mass is 404 g/mol. The molecule has 6 heteroatoms. The fourth-order valence-corrected chi connectivity index (χ4v) is 4.44. The Morgan fingerprint density at radius 1 is 0.800 bits per heavy atom. The molecule has 30 heavy (non-hydrogen) atoms. The average Bonchev–Trinajstić information content (AvgIpc) is 3.29. The molecule has 0 saturated carbocycles. The average molecular weight is 405 g/mol. The van der Waals surface area contributed by atoms with Gasteiger partial charge in [0.05, 0.1) is 5.69 Å². The number of anilines is 2. The van der Waals surface area contributed by atoms with Gasteiger partial charge in [0.25, 0.3) is 0 Å². The zero-order valence-corrected chi connectivity index (χ0v) is 17.2. The lowest BCUT2D eigenvalue weighted by Gasteiger charge is -2.27. The minimum atomic E-state index is 0.550. The van der Waals surface area contributed by atoms with Crippen molar-refractivity contribution in [2.45, 2.75) is 37.5 Å². The highest BCUT2D eigenvalue weighted by Crippen LogP contribution is 2.35. The summed E-state index contributed by atoms with van der Waals surface area (Å²) in [6.07, 6.45) is 6.07. The van der Waals surface area contributed by atoms with Crippen molar-refractivity contribution in [2.75, 3.05) is 31.7 Å². The predicted octanol–water partition coefficient (Wildman–Crippen LogP) is 4.80. The lowest BCUT2D eigenvalue weighted by atomic mass is 9.85. The van der Waals surface area contributed by atoms with Crippen LogP contribution in [0.4, 0.5) is 11.6 Å². The Morgan fingerprint density at radius 2 is 1.40 bits per heavy atom. The molecule has 0 bridgehead atoms. The van der Waals surface area contributed by atoms with Gasteiger partial charge >= 0.3 is 0 Å². The Labute approximate surface area is 177 Å². The Bertz CT molecular complexity index is 924. The maximum absolute atomic E-state index is 5.58. The largest absolute Gasteiger partial charge is 0.381 e. The molecule has 0 unspecified atom stereocenters. The first kappa shape index (κ1) is 19.3. The molecule has 6 nitrogen and oxygen atoms in total. The minimum absolute atomic E-state index is 0.550. The number of aromatic nitrogens is 3. The van der Waals surface area contributed by atoms with Crippen molar-refractivity contribution >= 4 is 11.6 Å².